The van der Waals surface area contributed by atoms with Gasteiger partial charge in [-0.25, -0.2) is 8.42 Å². The number of amides is 2. The van der Waals surface area contributed by atoms with Gasteiger partial charge in [0, 0.05) is 24.0 Å². The fourth-order valence-corrected chi connectivity index (χ4v) is 6.50. The Hall–Kier alpha value is -4.14. The summed E-state index contributed by atoms with van der Waals surface area (Å²) in [7, 11) is -4.20. The molecule has 4 aromatic carbocycles. The maximum atomic E-state index is 14.5. The Kier molecular flexibility index (Phi) is 11.1. The highest BCUT2D eigenvalue weighted by molar-refractivity contribution is 7.92. The highest BCUT2D eigenvalue weighted by Gasteiger charge is 2.35. The first kappa shape index (κ1) is 33.7. The summed E-state index contributed by atoms with van der Waals surface area (Å²) in [6, 6.07) is 27.3. The molecule has 0 spiro atoms. The zero-order valence-electron chi connectivity index (χ0n) is 26.3. The number of sulfonamides is 1. The van der Waals surface area contributed by atoms with Crippen molar-refractivity contribution in [1.82, 2.24) is 10.2 Å². The normalized spacial score (nSPS) is 12.1. The molecule has 1 unspecified atom stereocenters. The second-order valence-corrected chi connectivity index (χ2v) is 13.9. The van der Waals surface area contributed by atoms with E-state index < -0.39 is 28.5 Å². The third-order valence-electron chi connectivity index (χ3n) is 7.63. The molecule has 0 aliphatic carbocycles. The molecular weight excluding hydrogens is 606 g/mol. The zero-order valence-corrected chi connectivity index (χ0v) is 27.9. The smallest absolute Gasteiger partial charge is 0.264 e. The summed E-state index contributed by atoms with van der Waals surface area (Å²) in [5.74, 6) is -0.821. The van der Waals surface area contributed by atoms with E-state index in [9.17, 15) is 18.0 Å². The first-order chi connectivity index (χ1) is 21.3. The van der Waals surface area contributed by atoms with Crippen LogP contribution < -0.4 is 9.62 Å². The first-order valence-electron chi connectivity index (χ1n) is 14.9. The van der Waals surface area contributed by atoms with Crippen molar-refractivity contribution in [2.24, 2.45) is 0 Å². The number of hydrogen-bond donors (Lipinski definition) is 1. The average Bonchev–Trinajstić information content (AvgIpc) is 3.00. The van der Waals surface area contributed by atoms with Gasteiger partial charge in [-0.05, 0) is 93.3 Å². The number of aryl methyl sites for hydroxylation is 3. The lowest BCUT2D eigenvalue weighted by molar-refractivity contribution is -0.140. The molecule has 0 aliphatic heterocycles. The van der Waals surface area contributed by atoms with E-state index in [-0.39, 0.29) is 29.8 Å². The Morgan fingerprint density at radius 2 is 1.44 bits per heavy atom. The minimum atomic E-state index is -4.20. The molecule has 236 valence electrons. The number of carbonyl (C=O) groups is 2. The fraction of sp³-hybridized carbons (Fsp3) is 0.278. The van der Waals surface area contributed by atoms with E-state index >= 15 is 0 Å². The Balaban J connectivity index is 1.82. The minimum absolute atomic E-state index is 0.00130. The van der Waals surface area contributed by atoms with Crippen molar-refractivity contribution in [2.45, 2.75) is 64.6 Å². The van der Waals surface area contributed by atoms with Gasteiger partial charge in [-0.3, -0.25) is 13.9 Å². The zero-order chi connectivity index (χ0) is 32.7. The molecule has 0 aliphatic rings. The summed E-state index contributed by atoms with van der Waals surface area (Å²) < 4.78 is 29.5. The van der Waals surface area contributed by atoms with Crippen LogP contribution in [-0.4, -0.2) is 43.8 Å². The van der Waals surface area contributed by atoms with Crippen LogP contribution in [0.15, 0.2) is 102 Å². The van der Waals surface area contributed by atoms with Gasteiger partial charge >= 0.3 is 0 Å². The van der Waals surface area contributed by atoms with Gasteiger partial charge in [0.15, 0.2) is 0 Å². The first-order valence-corrected chi connectivity index (χ1v) is 16.7. The molecule has 1 atom stereocenters. The quantitative estimate of drug-likeness (QED) is 0.188. The molecule has 1 N–H and O–H groups in total. The number of benzene rings is 4. The lowest BCUT2D eigenvalue weighted by Gasteiger charge is -2.34. The Morgan fingerprint density at radius 3 is 2.04 bits per heavy atom. The van der Waals surface area contributed by atoms with Crippen LogP contribution in [0.1, 0.15) is 41.7 Å². The number of hydrogen-bond acceptors (Lipinski definition) is 4. The summed E-state index contributed by atoms with van der Waals surface area (Å²) >= 11 is 6.07. The molecule has 4 rings (SSSR count). The van der Waals surface area contributed by atoms with Crippen molar-refractivity contribution in [2.75, 3.05) is 10.8 Å². The molecule has 0 saturated heterocycles. The molecule has 45 heavy (non-hydrogen) atoms. The number of carbonyl (C=O) groups excluding carboxylic acids is 2. The number of anilines is 1. The number of nitrogens with one attached hydrogen (secondary N) is 1. The maximum Gasteiger partial charge on any atom is 0.264 e. The Bertz CT molecular complexity index is 1720. The van der Waals surface area contributed by atoms with Crippen LogP contribution in [0.25, 0.3) is 0 Å². The Morgan fingerprint density at radius 1 is 0.800 bits per heavy atom. The van der Waals surface area contributed by atoms with Crippen molar-refractivity contribution in [3.8, 4) is 0 Å². The molecule has 0 bridgehead atoms. The molecule has 0 radical (unpaired) electrons. The highest BCUT2D eigenvalue weighted by Crippen LogP contribution is 2.27. The molecule has 9 heteroatoms. The molecule has 0 fully saturated rings. The third kappa shape index (κ3) is 8.74. The van der Waals surface area contributed by atoms with Gasteiger partial charge in [-0.15, -0.1) is 0 Å². The van der Waals surface area contributed by atoms with Gasteiger partial charge in [0.2, 0.25) is 11.8 Å². The van der Waals surface area contributed by atoms with Gasteiger partial charge < -0.3 is 10.2 Å². The van der Waals surface area contributed by atoms with Crippen LogP contribution in [0.4, 0.5) is 5.69 Å². The fourth-order valence-electron chi connectivity index (χ4n) is 4.97. The predicted octanol–water partition coefficient (Wildman–Crippen LogP) is 6.63. The van der Waals surface area contributed by atoms with E-state index in [4.69, 9.17) is 11.6 Å². The van der Waals surface area contributed by atoms with Gasteiger partial charge in [0.05, 0.1) is 10.6 Å². The van der Waals surface area contributed by atoms with Crippen LogP contribution in [0.2, 0.25) is 5.02 Å². The van der Waals surface area contributed by atoms with Crippen LogP contribution in [0, 0.1) is 20.8 Å². The van der Waals surface area contributed by atoms with Crippen LogP contribution in [0.3, 0.4) is 0 Å². The van der Waals surface area contributed by atoms with E-state index in [1.807, 2.05) is 95.3 Å². The third-order valence-corrected chi connectivity index (χ3v) is 9.67. The maximum absolute atomic E-state index is 14.5. The molecule has 0 saturated carbocycles. The number of nitrogens with zero attached hydrogens (tertiary/aromatic N) is 2. The second kappa shape index (κ2) is 14.8. The molecule has 4 aromatic rings. The van der Waals surface area contributed by atoms with Gasteiger partial charge in [-0.2, -0.15) is 0 Å². The van der Waals surface area contributed by atoms with Gasteiger partial charge in [0.25, 0.3) is 10.0 Å². The summed E-state index contributed by atoms with van der Waals surface area (Å²) in [6.07, 6.45) is 0.255. The molecule has 0 heterocycles. The molecular formula is C36H40ClN3O4S. The topological polar surface area (TPSA) is 86.8 Å². The Labute approximate surface area is 271 Å². The van der Waals surface area contributed by atoms with Crippen LogP contribution in [-0.2, 0) is 32.6 Å². The van der Waals surface area contributed by atoms with E-state index in [0.29, 0.717) is 10.7 Å². The standard InChI is InChI=1S/C36H40ClN3O4S/c1-25(2)38-36(42)34(22-29-9-7-6-8-10-29)39(23-30-14-11-26(3)12-15-30)35(41)24-40(32-18-13-27(4)28(5)21-32)45(43,44)33-19-16-31(37)17-20-33/h6-21,25,34H,22-24H2,1-5H3,(H,38,42). The van der Waals surface area contributed by atoms with Crippen molar-refractivity contribution in [3.05, 3.63) is 130 Å². The number of rotatable bonds is 12. The molecule has 0 aromatic heterocycles. The van der Waals surface area contributed by atoms with Crippen molar-refractivity contribution in [3.63, 3.8) is 0 Å². The van der Waals surface area contributed by atoms with E-state index in [1.54, 1.807) is 12.1 Å². The summed E-state index contributed by atoms with van der Waals surface area (Å²) in [6.45, 7) is 9.14. The monoisotopic (exact) mass is 645 g/mol. The van der Waals surface area contributed by atoms with E-state index in [1.165, 1.54) is 29.2 Å². The summed E-state index contributed by atoms with van der Waals surface area (Å²) in [5, 5.41) is 3.37. The average molecular weight is 646 g/mol. The van der Waals surface area contributed by atoms with Crippen LogP contribution >= 0.6 is 11.6 Å². The lowest BCUT2D eigenvalue weighted by atomic mass is 10.0. The lowest BCUT2D eigenvalue weighted by Crippen LogP contribution is -2.54. The number of halogens is 1. The molecule has 7 nitrogen and oxygen atoms in total. The SMILES string of the molecule is Cc1ccc(CN(C(=O)CN(c2ccc(C)c(C)c2)S(=O)(=O)c2ccc(Cl)cc2)C(Cc2ccccc2)C(=O)NC(C)C)cc1. The second-order valence-electron chi connectivity index (χ2n) is 11.6. The van der Waals surface area contributed by atoms with Crippen molar-refractivity contribution >= 4 is 39.1 Å². The van der Waals surface area contributed by atoms with E-state index in [0.717, 1.165) is 32.1 Å². The summed E-state index contributed by atoms with van der Waals surface area (Å²) in [4.78, 5) is 29.8. The van der Waals surface area contributed by atoms with Crippen LogP contribution in [0.5, 0.6) is 0 Å². The van der Waals surface area contributed by atoms with E-state index in [2.05, 4.69) is 5.32 Å². The summed E-state index contributed by atoms with van der Waals surface area (Å²) in [5.41, 5.74) is 4.98. The minimum Gasteiger partial charge on any atom is -0.352 e. The predicted molar refractivity (Wildman–Crippen MR) is 181 cm³/mol. The highest BCUT2D eigenvalue weighted by atomic mass is 35.5. The largest absolute Gasteiger partial charge is 0.352 e. The van der Waals surface area contributed by atoms with Crippen molar-refractivity contribution < 1.29 is 18.0 Å². The molecule has 2 amide bonds. The van der Waals surface area contributed by atoms with Gasteiger partial charge in [-0.1, -0.05) is 77.8 Å². The van der Waals surface area contributed by atoms with Crippen molar-refractivity contribution in [1.29, 1.82) is 0 Å². The van der Waals surface area contributed by atoms with Gasteiger partial charge in [0.1, 0.15) is 12.6 Å².